The number of fused-ring (bicyclic) bond motifs is 3. The number of nitrogens with zero attached hydrogens (tertiary/aromatic N) is 1. The van der Waals surface area contributed by atoms with Gasteiger partial charge in [0.15, 0.2) is 0 Å². The van der Waals surface area contributed by atoms with Crippen LogP contribution >= 0.6 is 0 Å². The lowest BCUT2D eigenvalue weighted by Gasteiger charge is -2.37. The van der Waals surface area contributed by atoms with Gasteiger partial charge in [0.2, 0.25) is 0 Å². The molecule has 0 spiro atoms. The fourth-order valence-corrected chi connectivity index (χ4v) is 5.07. The average molecular weight is 279 g/mol. The summed E-state index contributed by atoms with van der Waals surface area (Å²) < 4.78 is 0. The molecule has 1 heteroatoms. The first-order valence-corrected chi connectivity index (χ1v) is 8.31. The lowest BCUT2D eigenvalue weighted by atomic mass is 9.69. The van der Waals surface area contributed by atoms with E-state index in [4.69, 9.17) is 0 Å². The van der Waals surface area contributed by atoms with Crippen molar-refractivity contribution in [2.75, 3.05) is 20.6 Å². The molecular formula is C20H25N. The molecule has 3 atom stereocenters. The third-order valence-electron chi connectivity index (χ3n) is 5.96. The van der Waals surface area contributed by atoms with Crippen LogP contribution in [0.4, 0.5) is 0 Å². The van der Waals surface area contributed by atoms with Crippen LogP contribution in [0, 0.1) is 11.8 Å². The lowest BCUT2D eigenvalue weighted by Crippen LogP contribution is -2.36. The third-order valence-corrected chi connectivity index (χ3v) is 5.96. The molecule has 0 heterocycles. The minimum atomic E-state index is 0.457. The van der Waals surface area contributed by atoms with E-state index in [-0.39, 0.29) is 0 Å². The number of hydrogen-bond donors (Lipinski definition) is 0. The van der Waals surface area contributed by atoms with E-state index >= 15 is 0 Å². The van der Waals surface area contributed by atoms with E-state index in [1.54, 1.807) is 5.56 Å². The van der Waals surface area contributed by atoms with Crippen molar-refractivity contribution in [3.05, 3.63) is 48.0 Å². The van der Waals surface area contributed by atoms with Crippen molar-refractivity contribution >= 4 is 10.8 Å². The number of rotatable bonds is 3. The van der Waals surface area contributed by atoms with E-state index in [9.17, 15) is 0 Å². The van der Waals surface area contributed by atoms with Crippen molar-refractivity contribution in [2.24, 2.45) is 11.8 Å². The Balaban J connectivity index is 1.77. The van der Waals surface area contributed by atoms with Gasteiger partial charge >= 0.3 is 0 Å². The molecule has 0 aromatic heterocycles. The van der Waals surface area contributed by atoms with Crippen LogP contribution in [-0.2, 0) is 5.41 Å². The summed E-state index contributed by atoms with van der Waals surface area (Å²) in [7, 11) is 4.44. The summed E-state index contributed by atoms with van der Waals surface area (Å²) in [6.07, 6.45) is 5.69. The fraction of sp³-hybridized carbons (Fsp3) is 0.500. The first-order chi connectivity index (χ1) is 10.2. The van der Waals surface area contributed by atoms with Crippen LogP contribution in [0.25, 0.3) is 10.8 Å². The zero-order valence-electron chi connectivity index (χ0n) is 13.2. The Morgan fingerprint density at radius 1 is 1.10 bits per heavy atom. The maximum absolute atomic E-state index is 2.48. The molecule has 2 aromatic rings. The van der Waals surface area contributed by atoms with E-state index in [1.165, 1.54) is 43.0 Å². The molecule has 2 aromatic carbocycles. The summed E-state index contributed by atoms with van der Waals surface area (Å²) in [4.78, 5) is 2.38. The minimum absolute atomic E-state index is 0.457. The van der Waals surface area contributed by atoms with Crippen molar-refractivity contribution in [1.29, 1.82) is 0 Å². The summed E-state index contributed by atoms with van der Waals surface area (Å²) in [6, 6.07) is 16.0. The summed E-state index contributed by atoms with van der Waals surface area (Å²) in [5.41, 5.74) is 2.06. The highest BCUT2D eigenvalue weighted by molar-refractivity contribution is 5.83. The van der Waals surface area contributed by atoms with Crippen molar-refractivity contribution in [2.45, 2.75) is 31.1 Å². The normalized spacial score (nSPS) is 31.4. The van der Waals surface area contributed by atoms with Gasteiger partial charge in [-0.2, -0.15) is 0 Å². The Hall–Kier alpha value is -1.34. The predicted molar refractivity (Wildman–Crippen MR) is 89.6 cm³/mol. The Morgan fingerprint density at radius 3 is 2.67 bits per heavy atom. The van der Waals surface area contributed by atoms with E-state index in [0.717, 1.165) is 11.8 Å². The summed E-state index contributed by atoms with van der Waals surface area (Å²) in [5, 5.41) is 2.78. The maximum Gasteiger partial charge on any atom is 0.00122 e. The van der Waals surface area contributed by atoms with Gasteiger partial charge in [-0.3, -0.25) is 0 Å². The Morgan fingerprint density at radius 2 is 1.90 bits per heavy atom. The van der Waals surface area contributed by atoms with E-state index < -0.39 is 0 Å². The van der Waals surface area contributed by atoms with Crippen molar-refractivity contribution in [3.8, 4) is 0 Å². The average Bonchev–Trinajstić information content (AvgIpc) is 3.05. The van der Waals surface area contributed by atoms with Crippen LogP contribution < -0.4 is 0 Å². The molecule has 0 N–H and O–H groups in total. The fourth-order valence-electron chi connectivity index (χ4n) is 5.07. The van der Waals surface area contributed by atoms with Gasteiger partial charge in [-0.05, 0) is 73.4 Å². The van der Waals surface area contributed by atoms with Crippen molar-refractivity contribution in [3.63, 3.8) is 0 Å². The monoisotopic (exact) mass is 279 g/mol. The lowest BCUT2D eigenvalue weighted by molar-refractivity contribution is 0.214. The highest BCUT2D eigenvalue weighted by Crippen LogP contribution is 2.59. The maximum atomic E-state index is 2.48. The first kappa shape index (κ1) is 13.3. The Kier molecular flexibility index (Phi) is 3.08. The highest BCUT2D eigenvalue weighted by Gasteiger charge is 2.52. The molecule has 0 saturated heterocycles. The summed E-state index contributed by atoms with van der Waals surface area (Å²) in [6.45, 7) is 1.24. The van der Waals surface area contributed by atoms with Crippen LogP contribution in [0.15, 0.2) is 42.5 Å². The second-order valence-electron chi connectivity index (χ2n) is 7.52. The molecule has 110 valence electrons. The zero-order chi connectivity index (χ0) is 14.4. The Bertz CT molecular complexity index is 660. The third kappa shape index (κ3) is 2.10. The molecule has 2 fully saturated rings. The molecule has 4 rings (SSSR count). The Labute approximate surface area is 128 Å². The van der Waals surface area contributed by atoms with Crippen molar-refractivity contribution < 1.29 is 0 Å². The van der Waals surface area contributed by atoms with Gasteiger partial charge in [0.05, 0.1) is 0 Å². The molecule has 0 aliphatic heterocycles. The standard InChI is InChI=1S/C20H25N/c1-21(2)14-19-11-15-9-10-20(19,13-15)18-8-7-16-5-3-4-6-17(16)12-18/h3-8,12,15,19H,9-11,13-14H2,1-2H3/t15-,19?,20+/m1/s1. The highest BCUT2D eigenvalue weighted by atomic mass is 15.1. The van der Waals surface area contributed by atoms with E-state index in [1.807, 2.05) is 0 Å². The zero-order valence-corrected chi connectivity index (χ0v) is 13.2. The summed E-state index contributed by atoms with van der Waals surface area (Å²) >= 11 is 0. The van der Waals surface area contributed by atoms with Gasteiger partial charge in [0.1, 0.15) is 0 Å². The topological polar surface area (TPSA) is 3.24 Å². The largest absolute Gasteiger partial charge is 0.309 e. The molecule has 1 unspecified atom stereocenters. The molecule has 21 heavy (non-hydrogen) atoms. The molecule has 1 nitrogen and oxygen atoms in total. The number of benzene rings is 2. The molecule has 0 radical (unpaired) electrons. The smallest absolute Gasteiger partial charge is 0.00122 e. The predicted octanol–water partition coefficient (Wildman–Crippen LogP) is 4.46. The first-order valence-electron chi connectivity index (χ1n) is 8.31. The molecule has 2 saturated carbocycles. The van der Waals surface area contributed by atoms with E-state index in [2.05, 4.69) is 61.5 Å². The van der Waals surface area contributed by atoms with Gasteiger partial charge in [0.25, 0.3) is 0 Å². The van der Waals surface area contributed by atoms with Gasteiger partial charge in [-0.25, -0.2) is 0 Å². The SMILES string of the molecule is CN(C)CC1C[C@H]2CC[C@@]1(c1ccc3ccccc3c1)C2. The second kappa shape index (κ2) is 4.84. The summed E-state index contributed by atoms with van der Waals surface area (Å²) in [5.74, 6) is 1.81. The van der Waals surface area contributed by atoms with Gasteiger partial charge < -0.3 is 4.90 Å². The molecule has 2 aliphatic carbocycles. The van der Waals surface area contributed by atoms with Crippen LogP contribution in [0.5, 0.6) is 0 Å². The molecule has 0 amide bonds. The minimum Gasteiger partial charge on any atom is -0.309 e. The van der Waals surface area contributed by atoms with E-state index in [0.29, 0.717) is 5.41 Å². The molecule has 2 aliphatic rings. The molecule has 2 bridgehead atoms. The van der Waals surface area contributed by atoms with Crippen LogP contribution in [0.2, 0.25) is 0 Å². The van der Waals surface area contributed by atoms with Crippen LogP contribution in [0.3, 0.4) is 0 Å². The quantitative estimate of drug-likeness (QED) is 0.802. The second-order valence-corrected chi connectivity index (χ2v) is 7.52. The van der Waals surface area contributed by atoms with Crippen LogP contribution in [-0.4, -0.2) is 25.5 Å². The molecular weight excluding hydrogens is 254 g/mol. The van der Waals surface area contributed by atoms with Crippen LogP contribution in [0.1, 0.15) is 31.2 Å². The van der Waals surface area contributed by atoms with Gasteiger partial charge in [0, 0.05) is 6.54 Å². The van der Waals surface area contributed by atoms with Gasteiger partial charge in [-0.1, -0.05) is 42.5 Å². The number of hydrogen-bond acceptors (Lipinski definition) is 1. The van der Waals surface area contributed by atoms with Gasteiger partial charge in [-0.15, -0.1) is 0 Å². The van der Waals surface area contributed by atoms with Crippen molar-refractivity contribution in [1.82, 2.24) is 4.90 Å².